The number of halogens is 2. The molecule has 1 aliphatic carbocycles. The third kappa shape index (κ3) is 3.42. The van der Waals surface area contributed by atoms with E-state index in [1.54, 1.807) is 12.1 Å². The summed E-state index contributed by atoms with van der Waals surface area (Å²) in [5.41, 5.74) is -0.329. The Labute approximate surface area is 132 Å². The number of nitrogens with one attached hydrogen (secondary N) is 2. The molecule has 0 unspecified atom stereocenters. The SMILES string of the molecule is O=C(NC1CCC(O)(c2cccc(F)c2)CC1)c1cc(F)c[nH]1. The first-order valence-electron chi connectivity index (χ1n) is 7.59. The molecule has 3 rings (SSSR count). The van der Waals surface area contributed by atoms with Crippen molar-refractivity contribution in [3.63, 3.8) is 0 Å². The van der Waals surface area contributed by atoms with Gasteiger partial charge in [-0.2, -0.15) is 0 Å². The second-order valence-corrected chi connectivity index (χ2v) is 6.02. The zero-order chi connectivity index (χ0) is 16.4. The molecular formula is C17H18F2N2O2. The second-order valence-electron chi connectivity index (χ2n) is 6.02. The minimum absolute atomic E-state index is 0.0947. The lowest BCUT2D eigenvalue weighted by atomic mass is 9.77. The molecule has 1 aromatic heterocycles. The van der Waals surface area contributed by atoms with Gasteiger partial charge in [0.05, 0.1) is 5.60 Å². The summed E-state index contributed by atoms with van der Waals surface area (Å²) in [5.74, 6) is -1.23. The summed E-state index contributed by atoms with van der Waals surface area (Å²) in [5, 5.41) is 13.5. The highest BCUT2D eigenvalue weighted by Gasteiger charge is 2.35. The molecule has 1 heterocycles. The van der Waals surface area contributed by atoms with Crippen molar-refractivity contribution in [2.45, 2.75) is 37.3 Å². The summed E-state index contributed by atoms with van der Waals surface area (Å²) in [6.07, 6.45) is 3.13. The van der Waals surface area contributed by atoms with Crippen LogP contribution >= 0.6 is 0 Å². The smallest absolute Gasteiger partial charge is 0.268 e. The summed E-state index contributed by atoms with van der Waals surface area (Å²) in [4.78, 5) is 14.5. The van der Waals surface area contributed by atoms with Crippen molar-refractivity contribution in [3.05, 3.63) is 59.4 Å². The van der Waals surface area contributed by atoms with Crippen molar-refractivity contribution in [2.24, 2.45) is 0 Å². The molecule has 6 heteroatoms. The summed E-state index contributed by atoms with van der Waals surface area (Å²) < 4.78 is 26.2. The van der Waals surface area contributed by atoms with Crippen LogP contribution < -0.4 is 5.32 Å². The monoisotopic (exact) mass is 320 g/mol. The van der Waals surface area contributed by atoms with Gasteiger partial charge in [0.25, 0.3) is 5.91 Å². The fourth-order valence-corrected chi connectivity index (χ4v) is 3.07. The third-order valence-electron chi connectivity index (χ3n) is 4.40. The maximum Gasteiger partial charge on any atom is 0.268 e. The van der Waals surface area contributed by atoms with Crippen LogP contribution in [0.2, 0.25) is 0 Å². The van der Waals surface area contributed by atoms with E-state index in [1.807, 2.05) is 0 Å². The van der Waals surface area contributed by atoms with E-state index in [2.05, 4.69) is 10.3 Å². The van der Waals surface area contributed by atoms with Crippen molar-refractivity contribution in [3.8, 4) is 0 Å². The molecule has 0 atom stereocenters. The molecule has 0 radical (unpaired) electrons. The Hall–Kier alpha value is -2.21. The van der Waals surface area contributed by atoms with Crippen LogP contribution in [0.3, 0.4) is 0 Å². The molecule has 0 saturated heterocycles. The number of aromatic amines is 1. The van der Waals surface area contributed by atoms with Crippen LogP contribution in [0.25, 0.3) is 0 Å². The Morgan fingerprint density at radius 1 is 1.22 bits per heavy atom. The zero-order valence-corrected chi connectivity index (χ0v) is 12.5. The molecule has 0 spiro atoms. The average Bonchev–Trinajstić information content (AvgIpc) is 2.96. The number of hydrogen-bond donors (Lipinski definition) is 3. The minimum atomic E-state index is -1.07. The van der Waals surface area contributed by atoms with E-state index in [4.69, 9.17) is 0 Å². The zero-order valence-electron chi connectivity index (χ0n) is 12.5. The standard InChI is InChI=1S/C17H18F2N2O2/c18-12-3-1-2-11(8-12)17(23)6-4-14(5-7-17)21-16(22)15-9-13(19)10-20-15/h1-3,8-10,14,20,23H,4-7H2,(H,21,22). The van der Waals surface area contributed by atoms with Crippen LogP contribution in [-0.2, 0) is 5.60 Å². The highest BCUT2D eigenvalue weighted by Crippen LogP contribution is 2.37. The summed E-state index contributed by atoms with van der Waals surface area (Å²) in [7, 11) is 0. The van der Waals surface area contributed by atoms with E-state index in [1.165, 1.54) is 12.1 Å². The largest absolute Gasteiger partial charge is 0.385 e. The molecule has 1 fully saturated rings. The van der Waals surface area contributed by atoms with Gasteiger partial charge in [0, 0.05) is 18.3 Å². The van der Waals surface area contributed by atoms with Gasteiger partial charge in [0.1, 0.15) is 17.3 Å². The normalized spacial score (nSPS) is 24.4. The lowest BCUT2D eigenvalue weighted by Crippen LogP contribution is -2.42. The molecule has 2 aromatic rings. The maximum absolute atomic E-state index is 13.3. The quantitative estimate of drug-likeness (QED) is 0.814. The first-order chi connectivity index (χ1) is 11.0. The average molecular weight is 320 g/mol. The van der Waals surface area contributed by atoms with E-state index < -0.39 is 11.4 Å². The number of carbonyl (C=O) groups excluding carboxylic acids is 1. The molecule has 1 saturated carbocycles. The number of aliphatic hydroxyl groups is 1. The molecule has 0 aliphatic heterocycles. The molecule has 23 heavy (non-hydrogen) atoms. The van der Waals surface area contributed by atoms with Crippen molar-refractivity contribution in [1.82, 2.24) is 10.3 Å². The minimum Gasteiger partial charge on any atom is -0.385 e. The van der Waals surface area contributed by atoms with Crippen molar-refractivity contribution < 1.29 is 18.7 Å². The van der Waals surface area contributed by atoms with Gasteiger partial charge >= 0.3 is 0 Å². The number of hydrogen-bond acceptors (Lipinski definition) is 2. The van der Waals surface area contributed by atoms with E-state index in [-0.39, 0.29) is 23.5 Å². The topological polar surface area (TPSA) is 65.1 Å². The van der Waals surface area contributed by atoms with Crippen molar-refractivity contribution >= 4 is 5.91 Å². The Morgan fingerprint density at radius 2 is 1.96 bits per heavy atom. The van der Waals surface area contributed by atoms with Crippen molar-refractivity contribution in [1.29, 1.82) is 0 Å². The molecule has 1 aromatic carbocycles. The summed E-state index contributed by atoms with van der Waals surface area (Å²) in [6.45, 7) is 0. The van der Waals surface area contributed by atoms with Gasteiger partial charge in [-0.25, -0.2) is 8.78 Å². The van der Waals surface area contributed by atoms with E-state index >= 15 is 0 Å². The van der Waals surface area contributed by atoms with Gasteiger partial charge in [-0.15, -0.1) is 0 Å². The number of amides is 1. The van der Waals surface area contributed by atoms with E-state index in [0.717, 1.165) is 12.3 Å². The molecule has 1 aliphatic rings. The highest BCUT2D eigenvalue weighted by atomic mass is 19.1. The Kier molecular flexibility index (Phi) is 4.17. The van der Waals surface area contributed by atoms with Gasteiger partial charge in [-0.3, -0.25) is 4.79 Å². The molecule has 122 valence electrons. The number of aromatic nitrogens is 1. The van der Waals surface area contributed by atoms with Crippen LogP contribution in [0.15, 0.2) is 36.5 Å². The summed E-state index contributed by atoms with van der Waals surface area (Å²) in [6, 6.07) is 7.03. The molecular weight excluding hydrogens is 302 g/mol. The maximum atomic E-state index is 13.3. The fourth-order valence-electron chi connectivity index (χ4n) is 3.07. The Morgan fingerprint density at radius 3 is 2.57 bits per heavy atom. The van der Waals surface area contributed by atoms with Crippen LogP contribution in [-0.4, -0.2) is 22.0 Å². The van der Waals surface area contributed by atoms with Gasteiger partial charge in [-0.1, -0.05) is 12.1 Å². The summed E-state index contributed by atoms with van der Waals surface area (Å²) >= 11 is 0. The number of benzene rings is 1. The van der Waals surface area contributed by atoms with Crippen LogP contribution in [0.4, 0.5) is 8.78 Å². The van der Waals surface area contributed by atoms with Crippen molar-refractivity contribution in [2.75, 3.05) is 0 Å². The van der Waals surface area contributed by atoms with Gasteiger partial charge in [0.15, 0.2) is 0 Å². The predicted molar refractivity (Wildman–Crippen MR) is 80.8 cm³/mol. The van der Waals surface area contributed by atoms with Gasteiger partial charge < -0.3 is 15.4 Å². The second kappa shape index (κ2) is 6.12. The highest BCUT2D eigenvalue weighted by molar-refractivity contribution is 5.92. The number of carbonyl (C=O) groups is 1. The number of H-pyrrole nitrogens is 1. The van der Waals surface area contributed by atoms with Gasteiger partial charge in [-0.05, 0) is 43.4 Å². The third-order valence-corrected chi connectivity index (χ3v) is 4.40. The Balaban J connectivity index is 1.61. The first kappa shape index (κ1) is 15.7. The van der Waals surface area contributed by atoms with E-state index in [9.17, 15) is 18.7 Å². The predicted octanol–water partition coefficient (Wildman–Crippen LogP) is 2.85. The van der Waals surface area contributed by atoms with Crippen LogP contribution in [0, 0.1) is 11.6 Å². The lowest BCUT2D eigenvalue weighted by molar-refractivity contribution is -0.00828. The Bertz CT molecular complexity index is 706. The number of rotatable bonds is 3. The van der Waals surface area contributed by atoms with Crippen LogP contribution in [0.1, 0.15) is 41.7 Å². The fraction of sp³-hybridized carbons (Fsp3) is 0.353. The lowest BCUT2D eigenvalue weighted by Gasteiger charge is -2.36. The molecule has 0 bridgehead atoms. The van der Waals surface area contributed by atoms with Crippen LogP contribution in [0.5, 0.6) is 0 Å². The molecule has 1 amide bonds. The molecule has 4 nitrogen and oxygen atoms in total. The first-order valence-corrected chi connectivity index (χ1v) is 7.59. The van der Waals surface area contributed by atoms with Gasteiger partial charge in [0.2, 0.25) is 0 Å². The van der Waals surface area contributed by atoms with E-state index in [0.29, 0.717) is 31.2 Å². The molecule has 3 N–H and O–H groups in total.